The highest BCUT2D eigenvalue weighted by Gasteiger charge is 2.17. The predicted octanol–water partition coefficient (Wildman–Crippen LogP) is 4.42. The number of nitrogens with one attached hydrogen (secondary N) is 2. The number of hydrogen-bond acceptors (Lipinski definition) is 8. The Kier molecular flexibility index (Phi) is 8.65. The van der Waals surface area contributed by atoms with Crippen LogP contribution in [0.15, 0.2) is 48.9 Å². The van der Waals surface area contributed by atoms with E-state index in [-0.39, 0.29) is 18.2 Å². The zero-order valence-electron chi connectivity index (χ0n) is 22.3. The summed E-state index contributed by atoms with van der Waals surface area (Å²) in [6, 6.07) is 9.58. The standard InChI is InChI=1S/C27H33ClN8O2/c1-18-7-6-12-36-23(17-30-26(18)36)19-9-11-29-27(32-19)33-21-15-20(31-25(37)8-10-28)22(16-24(21)38-5)35(4)14-13-34(2)3/h6-7,9,11-12,15-17H,8,10,13-14H2,1-5H3,(H,31,37)(H,29,32,33). The fraction of sp³-hybridized carbons (Fsp3) is 0.333. The van der Waals surface area contributed by atoms with Crippen LogP contribution in [0.25, 0.3) is 17.0 Å². The molecule has 11 heteroatoms. The van der Waals surface area contributed by atoms with Gasteiger partial charge in [-0.1, -0.05) is 6.07 Å². The van der Waals surface area contributed by atoms with Crippen molar-refractivity contribution in [2.24, 2.45) is 0 Å². The molecule has 0 fully saturated rings. The highest BCUT2D eigenvalue weighted by Crippen LogP contribution is 2.38. The van der Waals surface area contributed by atoms with E-state index in [1.165, 1.54) is 0 Å². The van der Waals surface area contributed by atoms with E-state index in [1.807, 2.05) is 69.0 Å². The van der Waals surface area contributed by atoms with E-state index >= 15 is 0 Å². The summed E-state index contributed by atoms with van der Waals surface area (Å²) in [5, 5.41) is 6.26. The Morgan fingerprint density at radius 3 is 2.68 bits per heavy atom. The molecule has 0 unspecified atom stereocenters. The van der Waals surface area contributed by atoms with Crippen molar-refractivity contribution in [1.29, 1.82) is 0 Å². The maximum Gasteiger partial charge on any atom is 0.227 e. The number of nitrogens with zero attached hydrogens (tertiary/aromatic N) is 6. The van der Waals surface area contributed by atoms with Gasteiger partial charge in [0.2, 0.25) is 11.9 Å². The highest BCUT2D eigenvalue weighted by atomic mass is 35.5. The van der Waals surface area contributed by atoms with Crippen LogP contribution in [-0.2, 0) is 4.79 Å². The second-order valence-electron chi connectivity index (χ2n) is 9.20. The van der Waals surface area contributed by atoms with Crippen molar-refractivity contribution >= 4 is 46.2 Å². The molecule has 0 saturated heterocycles. The first-order chi connectivity index (χ1) is 18.3. The molecule has 3 aromatic heterocycles. The van der Waals surface area contributed by atoms with E-state index in [4.69, 9.17) is 21.3 Å². The fourth-order valence-corrected chi connectivity index (χ4v) is 4.22. The van der Waals surface area contributed by atoms with Gasteiger partial charge < -0.3 is 25.2 Å². The molecule has 3 heterocycles. The number of methoxy groups -OCH3 is 1. The SMILES string of the molecule is COc1cc(N(C)CCN(C)C)c(NC(=O)CCCl)cc1Nc1nccc(-c2cnc3c(C)cccn23)n1. The van der Waals surface area contributed by atoms with E-state index < -0.39 is 0 Å². The Morgan fingerprint density at radius 1 is 1.13 bits per heavy atom. The molecule has 0 atom stereocenters. The van der Waals surface area contributed by atoms with Crippen molar-refractivity contribution in [2.45, 2.75) is 13.3 Å². The maximum absolute atomic E-state index is 12.5. The van der Waals surface area contributed by atoms with Gasteiger partial charge in [0.15, 0.2) is 0 Å². The normalized spacial score (nSPS) is 11.1. The van der Waals surface area contributed by atoms with Crippen LogP contribution < -0.4 is 20.3 Å². The van der Waals surface area contributed by atoms with Crippen LogP contribution in [-0.4, -0.2) is 77.4 Å². The third-order valence-electron chi connectivity index (χ3n) is 6.10. The minimum atomic E-state index is -0.167. The Bertz CT molecular complexity index is 1420. The van der Waals surface area contributed by atoms with E-state index in [0.717, 1.165) is 41.4 Å². The first-order valence-corrected chi connectivity index (χ1v) is 12.8. The number of likely N-dealkylation sites (N-methyl/N-ethyl adjacent to an activating group) is 2. The zero-order chi connectivity index (χ0) is 27.2. The molecule has 0 bridgehead atoms. The molecule has 1 aromatic carbocycles. The molecule has 0 radical (unpaired) electrons. The van der Waals surface area contributed by atoms with E-state index in [9.17, 15) is 4.79 Å². The quantitative estimate of drug-likeness (QED) is 0.272. The minimum Gasteiger partial charge on any atom is -0.494 e. The van der Waals surface area contributed by atoms with Crippen molar-refractivity contribution < 1.29 is 9.53 Å². The predicted molar refractivity (Wildman–Crippen MR) is 153 cm³/mol. The number of rotatable bonds is 11. The lowest BCUT2D eigenvalue weighted by atomic mass is 10.2. The molecule has 38 heavy (non-hydrogen) atoms. The number of carbonyl (C=O) groups excluding carboxylic acids is 1. The number of amides is 1. The molecule has 4 aromatic rings. The van der Waals surface area contributed by atoms with Gasteiger partial charge in [-0.25, -0.2) is 15.0 Å². The van der Waals surface area contributed by atoms with Crippen molar-refractivity contribution in [3.05, 3.63) is 54.5 Å². The summed E-state index contributed by atoms with van der Waals surface area (Å²) in [6.07, 6.45) is 5.67. The monoisotopic (exact) mass is 536 g/mol. The third kappa shape index (κ3) is 6.15. The van der Waals surface area contributed by atoms with Crippen LogP contribution in [0.1, 0.15) is 12.0 Å². The van der Waals surface area contributed by atoms with Crippen LogP contribution in [0.5, 0.6) is 5.75 Å². The molecule has 2 N–H and O–H groups in total. The molecule has 0 aliphatic rings. The number of carbonyl (C=O) groups is 1. The Hall–Kier alpha value is -3.89. The van der Waals surface area contributed by atoms with Gasteiger partial charge in [0.25, 0.3) is 0 Å². The molecule has 0 aliphatic carbocycles. The Morgan fingerprint density at radius 2 is 1.95 bits per heavy atom. The molecule has 4 rings (SSSR count). The Balaban J connectivity index is 1.69. The van der Waals surface area contributed by atoms with Crippen LogP contribution in [0.2, 0.25) is 0 Å². The average molecular weight is 537 g/mol. The Labute approximate surface area is 227 Å². The van der Waals surface area contributed by atoms with Crippen LogP contribution in [0.4, 0.5) is 23.0 Å². The second-order valence-corrected chi connectivity index (χ2v) is 9.58. The number of benzene rings is 1. The molecule has 0 aliphatic heterocycles. The van der Waals surface area contributed by atoms with Crippen molar-refractivity contribution in [3.63, 3.8) is 0 Å². The van der Waals surface area contributed by atoms with Gasteiger partial charge in [-0.15, -0.1) is 11.6 Å². The van der Waals surface area contributed by atoms with Crippen molar-refractivity contribution in [2.75, 3.05) is 62.8 Å². The lowest BCUT2D eigenvalue weighted by Crippen LogP contribution is -2.29. The molecule has 200 valence electrons. The maximum atomic E-state index is 12.5. The number of halogens is 1. The first-order valence-electron chi connectivity index (χ1n) is 12.3. The van der Waals surface area contributed by atoms with Crippen molar-refractivity contribution in [1.82, 2.24) is 24.3 Å². The molecule has 1 amide bonds. The summed E-state index contributed by atoms with van der Waals surface area (Å²) in [5.41, 5.74) is 5.61. The third-order valence-corrected chi connectivity index (χ3v) is 6.29. The van der Waals surface area contributed by atoms with Gasteiger partial charge in [0.05, 0.1) is 41.8 Å². The molecular weight excluding hydrogens is 504 g/mol. The van der Waals surface area contributed by atoms with Crippen molar-refractivity contribution in [3.8, 4) is 17.1 Å². The number of imidazole rings is 1. The number of alkyl halides is 1. The van der Waals surface area contributed by atoms with E-state index in [1.54, 1.807) is 19.5 Å². The summed E-state index contributed by atoms with van der Waals surface area (Å²) < 4.78 is 7.72. The highest BCUT2D eigenvalue weighted by molar-refractivity contribution is 6.19. The lowest BCUT2D eigenvalue weighted by Gasteiger charge is -2.26. The number of pyridine rings is 1. The lowest BCUT2D eigenvalue weighted by molar-refractivity contribution is -0.115. The topological polar surface area (TPSA) is 99.9 Å². The number of anilines is 4. The second kappa shape index (κ2) is 12.1. The zero-order valence-corrected chi connectivity index (χ0v) is 23.1. The van der Waals surface area contributed by atoms with E-state index in [2.05, 4.69) is 30.4 Å². The molecule has 0 spiro atoms. The van der Waals surface area contributed by atoms with Gasteiger partial charge in [-0.3, -0.25) is 9.20 Å². The molecule has 0 saturated carbocycles. The number of ether oxygens (including phenoxy) is 1. The fourth-order valence-electron chi connectivity index (χ4n) is 4.04. The number of fused-ring (bicyclic) bond motifs is 1. The molecule has 10 nitrogen and oxygen atoms in total. The van der Waals surface area contributed by atoms with Gasteiger partial charge in [0.1, 0.15) is 11.4 Å². The molecular formula is C27H33ClN8O2. The smallest absolute Gasteiger partial charge is 0.227 e. The van der Waals surface area contributed by atoms with E-state index in [0.29, 0.717) is 23.1 Å². The number of aromatic nitrogens is 4. The average Bonchev–Trinajstić information content (AvgIpc) is 3.33. The minimum absolute atomic E-state index is 0.167. The van der Waals surface area contributed by atoms with Gasteiger partial charge in [-0.05, 0) is 44.8 Å². The largest absolute Gasteiger partial charge is 0.494 e. The van der Waals surface area contributed by atoms with Crippen LogP contribution in [0.3, 0.4) is 0 Å². The summed E-state index contributed by atoms with van der Waals surface area (Å²) in [6.45, 7) is 3.62. The number of hydrogen-bond donors (Lipinski definition) is 2. The van der Waals surface area contributed by atoms with Crippen LogP contribution in [0, 0.1) is 6.92 Å². The van der Waals surface area contributed by atoms with Gasteiger partial charge in [-0.2, -0.15) is 0 Å². The van der Waals surface area contributed by atoms with Gasteiger partial charge in [0, 0.05) is 50.9 Å². The number of aryl methyl sites for hydroxylation is 1. The summed E-state index contributed by atoms with van der Waals surface area (Å²) in [7, 11) is 7.63. The van der Waals surface area contributed by atoms with Crippen LogP contribution >= 0.6 is 11.6 Å². The van der Waals surface area contributed by atoms with Gasteiger partial charge >= 0.3 is 0 Å². The summed E-state index contributed by atoms with van der Waals surface area (Å²) in [4.78, 5) is 30.4. The summed E-state index contributed by atoms with van der Waals surface area (Å²) >= 11 is 5.81. The first kappa shape index (κ1) is 27.2. The summed E-state index contributed by atoms with van der Waals surface area (Å²) in [5.74, 6) is 1.05.